The molecule has 27 heavy (non-hydrogen) atoms. The second-order valence-electron chi connectivity index (χ2n) is 6.44. The van der Waals surface area contributed by atoms with Crippen molar-refractivity contribution in [1.29, 1.82) is 0 Å². The first kappa shape index (κ1) is 16.8. The number of hydrogen-bond donors (Lipinski definition) is 1. The first-order valence-corrected chi connectivity index (χ1v) is 8.43. The van der Waals surface area contributed by atoms with Gasteiger partial charge in [0.05, 0.1) is 29.8 Å². The number of carbonyl (C=O) groups excluding carboxylic acids is 3. The lowest BCUT2D eigenvalue weighted by Crippen LogP contribution is -2.45. The average molecular weight is 362 g/mol. The normalized spacial score (nSPS) is 19.2. The summed E-state index contributed by atoms with van der Waals surface area (Å²) in [6.45, 7) is 0.242. The van der Waals surface area contributed by atoms with Crippen LogP contribution in [-0.4, -0.2) is 36.4 Å². The van der Waals surface area contributed by atoms with Crippen molar-refractivity contribution >= 4 is 23.6 Å². The van der Waals surface area contributed by atoms with Crippen LogP contribution in [0.5, 0.6) is 0 Å². The summed E-state index contributed by atoms with van der Waals surface area (Å²) in [4.78, 5) is 39.4. The zero-order valence-corrected chi connectivity index (χ0v) is 14.5. The molecule has 136 valence electrons. The second-order valence-corrected chi connectivity index (χ2v) is 6.44. The third kappa shape index (κ3) is 2.73. The molecule has 2 aromatic carbocycles. The Kier molecular flexibility index (Phi) is 3.92. The van der Waals surface area contributed by atoms with Gasteiger partial charge in [-0.1, -0.05) is 42.5 Å². The van der Waals surface area contributed by atoms with Crippen molar-refractivity contribution in [2.24, 2.45) is 0 Å². The first-order chi connectivity index (χ1) is 13.0. The van der Waals surface area contributed by atoms with Gasteiger partial charge in [0.1, 0.15) is 0 Å². The summed E-state index contributed by atoms with van der Waals surface area (Å²) in [5.41, 5.74) is 2.59. The second kappa shape index (κ2) is 6.28. The molecule has 0 unspecified atom stereocenters. The highest BCUT2D eigenvalue weighted by Gasteiger charge is 2.43. The van der Waals surface area contributed by atoms with Crippen molar-refractivity contribution in [3.63, 3.8) is 0 Å². The van der Waals surface area contributed by atoms with E-state index in [1.54, 1.807) is 19.2 Å². The van der Waals surface area contributed by atoms with Gasteiger partial charge in [-0.05, 0) is 23.3 Å². The standard InChI is InChI=1S/C20H17N3O4/c1-22-15-11-23(14-9-7-13(8-10-14)19(25)26)18(24)16(15)17(21-20(22)27)12-5-3-2-4-6-12/h2-10,17H,11H2,1H3,(H,21,27)(H,25,26)/p-1/t17-/m0/s1. The molecule has 0 bridgehead atoms. The number of benzene rings is 2. The molecule has 7 heteroatoms. The molecule has 0 saturated heterocycles. The fourth-order valence-corrected chi connectivity index (χ4v) is 3.45. The highest BCUT2D eigenvalue weighted by atomic mass is 16.4. The summed E-state index contributed by atoms with van der Waals surface area (Å²) in [6, 6.07) is 14.4. The minimum Gasteiger partial charge on any atom is -0.545 e. The van der Waals surface area contributed by atoms with Crippen LogP contribution in [0.3, 0.4) is 0 Å². The fourth-order valence-electron chi connectivity index (χ4n) is 3.45. The molecule has 2 aromatic rings. The van der Waals surface area contributed by atoms with E-state index in [2.05, 4.69) is 5.32 Å². The van der Waals surface area contributed by atoms with Crippen molar-refractivity contribution in [3.8, 4) is 0 Å². The van der Waals surface area contributed by atoms with Gasteiger partial charge in [-0.25, -0.2) is 4.79 Å². The number of carboxylic acid groups (broad SMARTS) is 1. The minimum absolute atomic E-state index is 0.0410. The molecule has 2 heterocycles. The van der Waals surface area contributed by atoms with Crippen molar-refractivity contribution in [2.75, 3.05) is 18.5 Å². The van der Waals surface area contributed by atoms with E-state index in [9.17, 15) is 19.5 Å². The molecule has 0 saturated carbocycles. The molecule has 2 aliphatic heterocycles. The highest BCUT2D eigenvalue weighted by Crippen LogP contribution is 2.37. The summed E-state index contributed by atoms with van der Waals surface area (Å²) >= 11 is 0. The highest BCUT2D eigenvalue weighted by molar-refractivity contribution is 6.11. The van der Waals surface area contributed by atoms with Gasteiger partial charge in [-0.15, -0.1) is 0 Å². The van der Waals surface area contributed by atoms with Crippen LogP contribution >= 0.6 is 0 Å². The zero-order chi connectivity index (χ0) is 19.1. The molecular weight excluding hydrogens is 346 g/mol. The van der Waals surface area contributed by atoms with Crippen LogP contribution in [-0.2, 0) is 4.79 Å². The molecule has 3 amide bonds. The lowest BCUT2D eigenvalue weighted by atomic mass is 9.96. The van der Waals surface area contributed by atoms with Gasteiger partial charge in [0, 0.05) is 12.7 Å². The molecule has 0 radical (unpaired) electrons. The predicted molar refractivity (Wildman–Crippen MR) is 95.6 cm³/mol. The number of amides is 3. The Morgan fingerprint density at radius 2 is 1.74 bits per heavy atom. The maximum Gasteiger partial charge on any atom is 0.322 e. The Morgan fingerprint density at radius 3 is 2.37 bits per heavy atom. The molecule has 4 rings (SSSR count). The smallest absolute Gasteiger partial charge is 0.322 e. The Hall–Kier alpha value is -3.61. The summed E-state index contributed by atoms with van der Waals surface area (Å²) in [5, 5.41) is 13.8. The van der Waals surface area contributed by atoms with Gasteiger partial charge in [0.25, 0.3) is 5.91 Å². The van der Waals surface area contributed by atoms with Crippen LogP contribution in [0.2, 0.25) is 0 Å². The summed E-state index contributed by atoms with van der Waals surface area (Å²) in [5.74, 6) is -1.49. The summed E-state index contributed by atoms with van der Waals surface area (Å²) < 4.78 is 0. The third-order valence-corrected chi connectivity index (χ3v) is 4.91. The van der Waals surface area contributed by atoms with Crippen LogP contribution in [0, 0.1) is 0 Å². The van der Waals surface area contributed by atoms with E-state index >= 15 is 0 Å². The fraction of sp³-hybridized carbons (Fsp3) is 0.150. The van der Waals surface area contributed by atoms with Crippen LogP contribution in [0.15, 0.2) is 65.9 Å². The zero-order valence-electron chi connectivity index (χ0n) is 14.5. The Labute approximate surface area is 155 Å². The lowest BCUT2D eigenvalue weighted by Gasteiger charge is -2.31. The minimum atomic E-state index is -1.27. The summed E-state index contributed by atoms with van der Waals surface area (Å²) in [6.07, 6.45) is 0. The molecular formula is C20H16N3O4-. The number of carbonyl (C=O) groups is 3. The van der Waals surface area contributed by atoms with Crippen molar-refractivity contribution in [2.45, 2.75) is 6.04 Å². The Morgan fingerprint density at radius 1 is 1.07 bits per heavy atom. The average Bonchev–Trinajstić information content (AvgIpc) is 3.03. The van der Waals surface area contributed by atoms with Crippen molar-refractivity contribution in [3.05, 3.63) is 77.0 Å². The Balaban J connectivity index is 1.72. The maximum atomic E-state index is 13.2. The van der Waals surface area contributed by atoms with Crippen LogP contribution < -0.4 is 15.3 Å². The molecule has 0 spiro atoms. The largest absolute Gasteiger partial charge is 0.545 e. The number of hydrogen-bond acceptors (Lipinski definition) is 4. The number of nitrogens with one attached hydrogen (secondary N) is 1. The number of carboxylic acids is 1. The van der Waals surface area contributed by atoms with E-state index in [1.165, 1.54) is 21.9 Å². The predicted octanol–water partition coefficient (Wildman–Crippen LogP) is 1.05. The number of likely N-dealkylation sites (N-methyl/N-ethyl adjacent to an activating group) is 1. The number of anilines is 1. The van der Waals surface area contributed by atoms with Gasteiger partial charge in [0.2, 0.25) is 0 Å². The molecule has 0 fully saturated rings. The third-order valence-electron chi connectivity index (χ3n) is 4.91. The monoisotopic (exact) mass is 362 g/mol. The van der Waals surface area contributed by atoms with Gasteiger partial charge in [0.15, 0.2) is 0 Å². The lowest BCUT2D eigenvalue weighted by molar-refractivity contribution is -0.255. The number of rotatable bonds is 3. The maximum absolute atomic E-state index is 13.2. The van der Waals surface area contributed by atoms with Gasteiger partial charge >= 0.3 is 6.03 Å². The van der Waals surface area contributed by atoms with Gasteiger partial charge in [-0.2, -0.15) is 0 Å². The van der Waals surface area contributed by atoms with Crippen LogP contribution in [0.1, 0.15) is 22.0 Å². The van der Waals surface area contributed by atoms with Crippen LogP contribution in [0.4, 0.5) is 10.5 Å². The molecule has 1 atom stereocenters. The van der Waals surface area contributed by atoms with Crippen LogP contribution in [0.25, 0.3) is 0 Å². The Bertz CT molecular complexity index is 966. The first-order valence-electron chi connectivity index (χ1n) is 8.43. The quantitative estimate of drug-likeness (QED) is 0.883. The molecule has 0 aromatic heterocycles. The topological polar surface area (TPSA) is 92.8 Å². The van der Waals surface area contributed by atoms with E-state index in [1.807, 2.05) is 30.3 Å². The molecule has 1 N–H and O–H groups in total. The van der Waals surface area contributed by atoms with E-state index in [0.29, 0.717) is 17.0 Å². The SMILES string of the molecule is CN1C(=O)N[C@@H](c2ccccc2)C2=C1CN(c1ccc(C(=O)[O-])cc1)C2=O. The van der Waals surface area contributed by atoms with E-state index in [0.717, 1.165) is 5.56 Å². The number of urea groups is 1. The van der Waals surface area contributed by atoms with Crippen molar-refractivity contribution in [1.82, 2.24) is 10.2 Å². The van der Waals surface area contributed by atoms with Gasteiger partial charge < -0.3 is 20.1 Å². The molecule has 2 aliphatic rings. The van der Waals surface area contributed by atoms with Gasteiger partial charge in [-0.3, -0.25) is 9.69 Å². The number of aromatic carboxylic acids is 1. The number of nitrogens with zero attached hydrogens (tertiary/aromatic N) is 2. The molecule has 0 aliphatic carbocycles. The summed E-state index contributed by atoms with van der Waals surface area (Å²) in [7, 11) is 1.63. The van der Waals surface area contributed by atoms with E-state index in [4.69, 9.17) is 0 Å². The van der Waals surface area contributed by atoms with E-state index in [-0.39, 0.29) is 24.0 Å². The van der Waals surface area contributed by atoms with Crippen molar-refractivity contribution < 1.29 is 19.5 Å². The van der Waals surface area contributed by atoms with E-state index < -0.39 is 12.0 Å². The molecule has 7 nitrogen and oxygen atoms in total.